The fourth-order valence-electron chi connectivity index (χ4n) is 2.19. The number of amides is 2. The van der Waals surface area contributed by atoms with E-state index < -0.39 is 11.6 Å². The van der Waals surface area contributed by atoms with Gasteiger partial charge in [-0.15, -0.1) is 0 Å². The van der Waals surface area contributed by atoms with E-state index in [4.69, 9.17) is 0 Å². The van der Waals surface area contributed by atoms with Crippen LogP contribution in [-0.2, 0) is 9.59 Å². The summed E-state index contributed by atoms with van der Waals surface area (Å²) in [6.07, 6.45) is 0. The van der Waals surface area contributed by atoms with Gasteiger partial charge in [-0.3, -0.25) is 14.5 Å². The molecule has 0 aromatic heterocycles. The summed E-state index contributed by atoms with van der Waals surface area (Å²) >= 11 is 3.45. The summed E-state index contributed by atoms with van der Waals surface area (Å²) in [5.41, 5.74) is 0.898. The van der Waals surface area contributed by atoms with E-state index in [0.717, 1.165) is 15.7 Å². The van der Waals surface area contributed by atoms with Crippen LogP contribution in [0.4, 0.5) is 5.69 Å². The molecule has 1 fully saturated rings. The first-order valence-electron chi connectivity index (χ1n) is 6.16. The molecule has 0 saturated carbocycles. The molecule has 0 radical (unpaired) electrons. The quantitative estimate of drug-likeness (QED) is 0.862. The average molecular weight is 325 g/mol. The number of carbonyl (C=O) groups excluding carboxylic acids is 2. The van der Waals surface area contributed by atoms with E-state index in [1.807, 2.05) is 25.1 Å². The first kappa shape index (κ1) is 14.1. The van der Waals surface area contributed by atoms with Crippen molar-refractivity contribution in [3.63, 3.8) is 0 Å². The molecule has 0 aliphatic carbocycles. The number of benzene rings is 1. The van der Waals surface area contributed by atoms with Gasteiger partial charge in [0.25, 0.3) is 5.91 Å². The van der Waals surface area contributed by atoms with Gasteiger partial charge in [0.2, 0.25) is 5.91 Å². The van der Waals surface area contributed by atoms with Crippen LogP contribution in [0.3, 0.4) is 0 Å². The van der Waals surface area contributed by atoms with E-state index in [1.54, 1.807) is 25.7 Å². The minimum Gasteiger partial charge on any atom is -0.340 e. The Balaban J connectivity index is 2.54. The number of halogens is 1. The lowest BCUT2D eigenvalue weighted by Crippen LogP contribution is -2.67. The Labute approximate surface area is 121 Å². The molecule has 102 valence electrons. The summed E-state index contributed by atoms with van der Waals surface area (Å²) in [7, 11) is 0. The SMILES string of the molecule is Cc1ccc(Br)c(N2C(=O)C(C)(C)NC(=O)C2C)c1. The molecule has 1 heterocycles. The van der Waals surface area contributed by atoms with Gasteiger partial charge in [0.1, 0.15) is 11.6 Å². The molecule has 1 saturated heterocycles. The summed E-state index contributed by atoms with van der Waals surface area (Å²) in [5.74, 6) is -0.246. The minimum atomic E-state index is -0.882. The first-order chi connectivity index (χ1) is 8.74. The maximum atomic E-state index is 12.6. The fraction of sp³-hybridized carbons (Fsp3) is 0.429. The number of aryl methyl sites for hydroxylation is 1. The monoisotopic (exact) mass is 324 g/mol. The molecule has 2 amide bonds. The number of rotatable bonds is 1. The Bertz CT molecular complexity index is 554. The maximum Gasteiger partial charge on any atom is 0.252 e. The van der Waals surface area contributed by atoms with Crippen molar-refractivity contribution in [3.05, 3.63) is 28.2 Å². The smallest absolute Gasteiger partial charge is 0.252 e. The second-order valence-electron chi connectivity index (χ2n) is 5.42. The van der Waals surface area contributed by atoms with Gasteiger partial charge in [-0.25, -0.2) is 0 Å². The molecular formula is C14H17BrN2O2. The van der Waals surface area contributed by atoms with Crippen molar-refractivity contribution in [2.24, 2.45) is 0 Å². The minimum absolute atomic E-state index is 0.106. The second kappa shape index (κ2) is 4.63. The van der Waals surface area contributed by atoms with Gasteiger partial charge in [0.05, 0.1) is 5.69 Å². The zero-order chi connectivity index (χ0) is 14.4. The van der Waals surface area contributed by atoms with Gasteiger partial charge in [-0.2, -0.15) is 0 Å². The molecule has 2 rings (SSSR count). The van der Waals surface area contributed by atoms with Crippen LogP contribution in [0.2, 0.25) is 0 Å². The maximum absolute atomic E-state index is 12.6. The normalized spacial score (nSPS) is 22.4. The van der Waals surface area contributed by atoms with Crippen LogP contribution in [-0.4, -0.2) is 23.4 Å². The zero-order valence-electron chi connectivity index (χ0n) is 11.5. The largest absolute Gasteiger partial charge is 0.340 e. The Morgan fingerprint density at radius 1 is 1.32 bits per heavy atom. The molecule has 1 aliphatic rings. The molecule has 0 spiro atoms. The standard InChI is InChI=1S/C14H17BrN2O2/c1-8-5-6-10(15)11(7-8)17-9(2)12(18)16-14(3,4)13(17)19/h5-7,9H,1-4H3,(H,16,18). The molecule has 5 heteroatoms. The third kappa shape index (κ3) is 2.39. The number of hydrogen-bond donors (Lipinski definition) is 1. The van der Waals surface area contributed by atoms with Gasteiger partial charge in [0.15, 0.2) is 0 Å². The average Bonchev–Trinajstić information content (AvgIpc) is 2.31. The van der Waals surface area contributed by atoms with Crippen LogP contribution in [0.1, 0.15) is 26.3 Å². The molecular weight excluding hydrogens is 308 g/mol. The highest BCUT2D eigenvalue weighted by atomic mass is 79.9. The Kier molecular flexibility index (Phi) is 3.43. The van der Waals surface area contributed by atoms with Crippen molar-refractivity contribution in [2.45, 2.75) is 39.3 Å². The number of nitrogens with one attached hydrogen (secondary N) is 1. The van der Waals surface area contributed by atoms with Gasteiger partial charge in [-0.1, -0.05) is 6.07 Å². The van der Waals surface area contributed by atoms with Crippen molar-refractivity contribution in [2.75, 3.05) is 4.90 Å². The van der Waals surface area contributed by atoms with E-state index in [9.17, 15) is 9.59 Å². The molecule has 1 aromatic rings. The molecule has 0 bridgehead atoms. The predicted octanol–water partition coefficient (Wildman–Crippen LogP) is 2.39. The molecule has 1 aromatic carbocycles. The summed E-state index contributed by atoms with van der Waals surface area (Å²) < 4.78 is 0.809. The fourth-order valence-corrected chi connectivity index (χ4v) is 2.62. The number of carbonyl (C=O) groups is 2. The van der Waals surface area contributed by atoms with E-state index in [-0.39, 0.29) is 11.8 Å². The number of hydrogen-bond acceptors (Lipinski definition) is 2. The van der Waals surface area contributed by atoms with Crippen LogP contribution in [0.15, 0.2) is 22.7 Å². The van der Waals surface area contributed by atoms with E-state index in [2.05, 4.69) is 21.2 Å². The number of nitrogens with zero attached hydrogens (tertiary/aromatic N) is 1. The van der Waals surface area contributed by atoms with Crippen molar-refractivity contribution in [3.8, 4) is 0 Å². The van der Waals surface area contributed by atoms with Gasteiger partial charge >= 0.3 is 0 Å². The lowest BCUT2D eigenvalue weighted by molar-refractivity contribution is -0.136. The molecule has 19 heavy (non-hydrogen) atoms. The Morgan fingerprint density at radius 3 is 2.58 bits per heavy atom. The van der Waals surface area contributed by atoms with Crippen molar-refractivity contribution >= 4 is 33.4 Å². The molecule has 1 aliphatic heterocycles. The summed E-state index contributed by atoms with van der Waals surface area (Å²) in [6.45, 7) is 7.13. The van der Waals surface area contributed by atoms with Gasteiger partial charge < -0.3 is 5.32 Å². The highest BCUT2D eigenvalue weighted by molar-refractivity contribution is 9.10. The van der Waals surface area contributed by atoms with Crippen LogP contribution in [0.25, 0.3) is 0 Å². The van der Waals surface area contributed by atoms with Crippen LogP contribution in [0.5, 0.6) is 0 Å². The van der Waals surface area contributed by atoms with E-state index in [0.29, 0.717) is 0 Å². The van der Waals surface area contributed by atoms with Crippen LogP contribution in [0, 0.1) is 6.92 Å². The Morgan fingerprint density at radius 2 is 1.95 bits per heavy atom. The first-order valence-corrected chi connectivity index (χ1v) is 6.95. The molecule has 4 nitrogen and oxygen atoms in total. The predicted molar refractivity (Wildman–Crippen MR) is 78.0 cm³/mol. The third-order valence-electron chi connectivity index (χ3n) is 3.32. The number of piperazine rings is 1. The highest BCUT2D eigenvalue weighted by Crippen LogP contribution is 2.32. The molecule has 1 atom stereocenters. The van der Waals surface area contributed by atoms with Gasteiger partial charge in [-0.05, 0) is 61.3 Å². The van der Waals surface area contributed by atoms with Crippen molar-refractivity contribution < 1.29 is 9.59 Å². The van der Waals surface area contributed by atoms with E-state index in [1.165, 1.54) is 0 Å². The summed E-state index contributed by atoms with van der Waals surface area (Å²) in [4.78, 5) is 26.1. The second-order valence-corrected chi connectivity index (χ2v) is 6.27. The van der Waals surface area contributed by atoms with Crippen LogP contribution >= 0.6 is 15.9 Å². The molecule has 1 unspecified atom stereocenters. The number of anilines is 1. The van der Waals surface area contributed by atoms with E-state index >= 15 is 0 Å². The van der Waals surface area contributed by atoms with Crippen molar-refractivity contribution in [1.29, 1.82) is 0 Å². The van der Waals surface area contributed by atoms with Crippen LogP contribution < -0.4 is 10.2 Å². The van der Waals surface area contributed by atoms with Gasteiger partial charge in [0, 0.05) is 4.47 Å². The lowest BCUT2D eigenvalue weighted by atomic mass is 9.96. The topological polar surface area (TPSA) is 49.4 Å². The Hall–Kier alpha value is -1.36. The summed E-state index contributed by atoms with van der Waals surface area (Å²) in [6, 6.07) is 5.24. The highest BCUT2D eigenvalue weighted by Gasteiger charge is 2.44. The van der Waals surface area contributed by atoms with Crippen molar-refractivity contribution in [1.82, 2.24) is 5.32 Å². The lowest BCUT2D eigenvalue weighted by Gasteiger charge is -2.41. The molecule has 1 N–H and O–H groups in total. The zero-order valence-corrected chi connectivity index (χ0v) is 13.0. The summed E-state index contributed by atoms with van der Waals surface area (Å²) in [5, 5.41) is 2.74. The third-order valence-corrected chi connectivity index (χ3v) is 3.99.